The first-order valence-electron chi connectivity index (χ1n) is 11.5. The van der Waals surface area contributed by atoms with Gasteiger partial charge in [0.15, 0.2) is 0 Å². The van der Waals surface area contributed by atoms with E-state index in [1.165, 1.54) is 5.56 Å². The molecule has 9 heteroatoms. The lowest BCUT2D eigenvalue weighted by molar-refractivity contribution is -0.142. The second-order valence-electron chi connectivity index (χ2n) is 8.71. The molecule has 1 unspecified atom stereocenters. The molecule has 31 heavy (non-hydrogen) atoms. The van der Waals surface area contributed by atoms with Gasteiger partial charge in [-0.25, -0.2) is 9.97 Å². The van der Waals surface area contributed by atoms with Gasteiger partial charge >= 0.3 is 0 Å². The summed E-state index contributed by atoms with van der Waals surface area (Å²) in [7, 11) is 1.96. The molecule has 3 heterocycles. The summed E-state index contributed by atoms with van der Waals surface area (Å²) in [6.45, 7) is 6.64. The Morgan fingerprint density at radius 1 is 1.06 bits per heavy atom. The Morgan fingerprint density at radius 2 is 1.90 bits per heavy atom. The molecule has 0 saturated carbocycles. The molecule has 170 valence electrons. The number of carbonyl (C=O) groups is 2. The number of amides is 2. The third kappa shape index (κ3) is 5.15. The second kappa shape index (κ2) is 9.91. The number of morpholine rings is 1. The van der Waals surface area contributed by atoms with Crippen molar-refractivity contribution in [1.29, 1.82) is 0 Å². The lowest BCUT2D eigenvalue weighted by Gasteiger charge is -2.37. The predicted molar refractivity (Wildman–Crippen MR) is 117 cm³/mol. The van der Waals surface area contributed by atoms with Crippen molar-refractivity contribution in [3.05, 3.63) is 17.1 Å². The number of hydrogen-bond acceptors (Lipinski definition) is 7. The summed E-state index contributed by atoms with van der Waals surface area (Å²) in [5.74, 6) is 1.78. The first-order chi connectivity index (χ1) is 15.0. The smallest absolute Gasteiger partial charge is 0.242 e. The van der Waals surface area contributed by atoms with Crippen LogP contribution in [0.3, 0.4) is 0 Å². The van der Waals surface area contributed by atoms with Crippen LogP contribution < -0.4 is 10.2 Å². The quantitative estimate of drug-likeness (QED) is 0.714. The van der Waals surface area contributed by atoms with Crippen molar-refractivity contribution < 1.29 is 14.3 Å². The van der Waals surface area contributed by atoms with E-state index in [0.717, 1.165) is 49.6 Å². The van der Waals surface area contributed by atoms with Crippen molar-refractivity contribution in [2.45, 2.75) is 45.1 Å². The van der Waals surface area contributed by atoms with E-state index in [1.54, 1.807) is 0 Å². The molecule has 4 rings (SSSR count). The SMILES string of the molecule is Cc1nc2c(c(N3CCNC(=O)CCN(C(=O)C4COCCN4C)CC3)n1)CCCC2. The Morgan fingerprint density at radius 3 is 2.74 bits per heavy atom. The Balaban J connectivity index is 1.56. The Hall–Kier alpha value is -2.26. The summed E-state index contributed by atoms with van der Waals surface area (Å²) in [6.07, 6.45) is 4.62. The van der Waals surface area contributed by atoms with Crippen LogP contribution in [0.2, 0.25) is 0 Å². The number of nitrogens with one attached hydrogen (secondary N) is 1. The zero-order valence-electron chi connectivity index (χ0n) is 18.7. The van der Waals surface area contributed by atoms with Gasteiger partial charge in [-0.15, -0.1) is 0 Å². The van der Waals surface area contributed by atoms with Crippen LogP contribution in [0.1, 0.15) is 36.3 Å². The number of aryl methyl sites for hydroxylation is 2. The van der Waals surface area contributed by atoms with Gasteiger partial charge in [0.25, 0.3) is 0 Å². The van der Waals surface area contributed by atoms with Gasteiger partial charge in [-0.05, 0) is 39.7 Å². The molecule has 0 bridgehead atoms. The van der Waals surface area contributed by atoms with Crippen molar-refractivity contribution in [3.8, 4) is 0 Å². The Bertz CT molecular complexity index is 817. The number of carbonyl (C=O) groups excluding carboxylic acids is 2. The van der Waals surface area contributed by atoms with Gasteiger partial charge in [0.1, 0.15) is 17.7 Å². The Kier molecular flexibility index (Phi) is 7.02. The summed E-state index contributed by atoms with van der Waals surface area (Å²) < 4.78 is 5.56. The molecule has 0 aromatic carbocycles. The van der Waals surface area contributed by atoms with Crippen LogP contribution in [0.5, 0.6) is 0 Å². The van der Waals surface area contributed by atoms with E-state index in [4.69, 9.17) is 9.72 Å². The van der Waals surface area contributed by atoms with Gasteiger partial charge in [-0.2, -0.15) is 0 Å². The summed E-state index contributed by atoms with van der Waals surface area (Å²) in [5, 5.41) is 3.00. The fraction of sp³-hybridized carbons (Fsp3) is 0.727. The maximum absolute atomic E-state index is 13.3. The van der Waals surface area contributed by atoms with Crippen LogP contribution in [-0.4, -0.2) is 97.2 Å². The monoisotopic (exact) mass is 430 g/mol. The molecule has 1 aromatic rings. The van der Waals surface area contributed by atoms with Gasteiger partial charge < -0.3 is 19.9 Å². The number of fused-ring (bicyclic) bond motifs is 1. The first kappa shape index (κ1) is 22.0. The lowest BCUT2D eigenvalue weighted by atomic mass is 9.96. The van der Waals surface area contributed by atoms with Crippen molar-refractivity contribution in [2.24, 2.45) is 0 Å². The summed E-state index contributed by atoms with van der Waals surface area (Å²) in [5.41, 5.74) is 2.39. The van der Waals surface area contributed by atoms with Crippen molar-refractivity contribution >= 4 is 17.6 Å². The molecule has 9 nitrogen and oxygen atoms in total. The topological polar surface area (TPSA) is 90.9 Å². The molecule has 1 N–H and O–H groups in total. The average molecular weight is 431 g/mol. The number of ether oxygens (including phenoxy) is 1. The van der Waals surface area contributed by atoms with Gasteiger partial charge in [-0.3, -0.25) is 14.5 Å². The van der Waals surface area contributed by atoms with Crippen LogP contribution in [0.4, 0.5) is 5.82 Å². The second-order valence-corrected chi connectivity index (χ2v) is 8.71. The zero-order valence-corrected chi connectivity index (χ0v) is 18.7. The van der Waals surface area contributed by atoms with Gasteiger partial charge in [0.05, 0.1) is 13.2 Å². The average Bonchev–Trinajstić information content (AvgIpc) is 2.77. The standard InChI is InChI=1S/C22H34N6O3/c1-16-24-18-6-4-3-5-17(18)21(25-16)27-10-8-23-20(29)7-9-28(12-11-27)22(30)19-15-31-14-13-26(19)2/h19H,3-15H2,1-2H3,(H,23,29). The van der Waals surface area contributed by atoms with E-state index in [0.29, 0.717) is 52.4 Å². The van der Waals surface area contributed by atoms with Crippen molar-refractivity contribution in [2.75, 3.05) is 64.4 Å². The third-order valence-electron chi connectivity index (χ3n) is 6.52. The molecule has 3 aliphatic rings. The number of likely N-dealkylation sites (N-methyl/N-ethyl adjacent to an activating group) is 1. The fourth-order valence-electron chi connectivity index (χ4n) is 4.67. The molecular formula is C22H34N6O3. The maximum Gasteiger partial charge on any atom is 0.242 e. The summed E-state index contributed by atoms with van der Waals surface area (Å²) in [6, 6.07) is -0.290. The van der Waals surface area contributed by atoms with E-state index in [-0.39, 0.29) is 17.9 Å². The molecule has 2 saturated heterocycles. The number of rotatable bonds is 2. The minimum absolute atomic E-state index is 0.0196. The highest BCUT2D eigenvalue weighted by molar-refractivity contribution is 5.83. The van der Waals surface area contributed by atoms with E-state index < -0.39 is 0 Å². The molecule has 1 aromatic heterocycles. The molecule has 1 aliphatic carbocycles. The highest BCUT2D eigenvalue weighted by atomic mass is 16.5. The molecule has 2 aliphatic heterocycles. The molecular weight excluding hydrogens is 396 g/mol. The number of aromatic nitrogens is 2. The third-order valence-corrected chi connectivity index (χ3v) is 6.52. The van der Waals surface area contributed by atoms with E-state index in [9.17, 15) is 9.59 Å². The fourth-order valence-corrected chi connectivity index (χ4v) is 4.67. The first-order valence-corrected chi connectivity index (χ1v) is 11.5. The maximum atomic E-state index is 13.3. The van der Waals surface area contributed by atoms with Crippen molar-refractivity contribution in [1.82, 2.24) is 25.1 Å². The highest BCUT2D eigenvalue weighted by Crippen LogP contribution is 2.28. The highest BCUT2D eigenvalue weighted by Gasteiger charge is 2.31. The largest absolute Gasteiger partial charge is 0.378 e. The molecule has 2 amide bonds. The number of anilines is 1. The minimum Gasteiger partial charge on any atom is -0.378 e. The van der Waals surface area contributed by atoms with Crippen LogP contribution in [-0.2, 0) is 27.2 Å². The van der Waals surface area contributed by atoms with Crippen LogP contribution in [0, 0.1) is 6.92 Å². The molecule has 0 spiro atoms. The molecule has 1 atom stereocenters. The summed E-state index contributed by atoms with van der Waals surface area (Å²) >= 11 is 0. The minimum atomic E-state index is -0.290. The number of hydrogen-bond donors (Lipinski definition) is 1. The van der Waals surface area contributed by atoms with Crippen LogP contribution in [0.25, 0.3) is 0 Å². The zero-order chi connectivity index (χ0) is 21.8. The summed E-state index contributed by atoms with van der Waals surface area (Å²) in [4.78, 5) is 41.2. The van der Waals surface area contributed by atoms with Gasteiger partial charge in [0, 0.05) is 56.9 Å². The predicted octanol–water partition coefficient (Wildman–Crippen LogP) is 0.149. The van der Waals surface area contributed by atoms with E-state index in [2.05, 4.69) is 15.2 Å². The van der Waals surface area contributed by atoms with Gasteiger partial charge in [0.2, 0.25) is 11.8 Å². The van der Waals surface area contributed by atoms with Crippen LogP contribution >= 0.6 is 0 Å². The Labute approximate surface area is 184 Å². The van der Waals surface area contributed by atoms with Gasteiger partial charge in [-0.1, -0.05) is 0 Å². The lowest BCUT2D eigenvalue weighted by Crippen LogP contribution is -2.55. The van der Waals surface area contributed by atoms with Crippen LogP contribution in [0.15, 0.2) is 0 Å². The molecule has 0 radical (unpaired) electrons. The normalized spacial score (nSPS) is 23.8. The van der Waals surface area contributed by atoms with Crippen molar-refractivity contribution in [3.63, 3.8) is 0 Å². The molecule has 2 fully saturated rings. The van der Waals surface area contributed by atoms with E-state index >= 15 is 0 Å². The number of nitrogens with zero attached hydrogens (tertiary/aromatic N) is 5. The van der Waals surface area contributed by atoms with E-state index in [1.807, 2.05) is 23.8 Å².